The van der Waals surface area contributed by atoms with Crippen LogP contribution in [0.1, 0.15) is 11.3 Å². The zero-order valence-corrected chi connectivity index (χ0v) is 11.8. The number of methoxy groups -OCH3 is 2. The number of rotatable bonds is 3. The van der Waals surface area contributed by atoms with E-state index in [4.69, 9.17) is 4.74 Å². The van der Waals surface area contributed by atoms with Gasteiger partial charge in [0.05, 0.1) is 31.3 Å². The summed E-state index contributed by atoms with van der Waals surface area (Å²) in [6.07, 6.45) is 1.73. The average Bonchev–Trinajstić information content (AvgIpc) is 2.71. The van der Waals surface area contributed by atoms with E-state index in [0.717, 1.165) is 4.47 Å². The van der Waals surface area contributed by atoms with Crippen LogP contribution < -0.4 is 4.74 Å². The van der Waals surface area contributed by atoms with Crippen LogP contribution in [0, 0.1) is 6.92 Å². The normalized spacial score (nSPS) is 10.7. The molecule has 0 fully saturated rings. The van der Waals surface area contributed by atoms with E-state index >= 15 is 0 Å². The summed E-state index contributed by atoms with van der Waals surface area (Å²) in [5.74, 6) is 0.150. The number of hydrogen-bond donors (Lipinski definition) is 0. The first-order chi connectivity index (χ1) is 8.58. The zero-order valence-electron chi connectivity index (χ0n) is 10.2. The van der Waals surface area contributed by atoms with Gasteiger partial charge in [-0.1, -0.05) is 0 Å². The number of carbonyl (C=O) groups is 1. The smallest absolute Gasteiger partial charge is 0.310 e. The van der Waals surface area contributed by atoms with E-state index in [1.165, 1.54) is 14.2 Å². The van der Waals surface area contributed by atoms with Crippen molar-refractivity contribution < 1.29 is 14.3 Å². The lowest BCUT2D eigenvalue weighted by molar-refractivity contribution is -0.139. The van der Waals surface area contributed by atoms with Gasteiger partial charge in [-0.15, -0.1) is 0 Å². The molecule has 0 unspecified atom stereocenters. The van der Waals surface area contributed by atoms with Crippen LogP contribution >= 0.6 is 15.9 Å². The van der Waals surface area contributed by atoms with Gasteiger partial charge < -0.3 is 9.47 Å². The summed E-state index contributed by atoms with van der Waals surface area (Å²) >= 11 is 3.36. The van der Waals surface area contributed by atoms with Crippen LogP contribution in [-0.4, -0.2) is 34.8 Å². The second-order valence-corrected chi connectivity index (χ2v) is 4.52. The number of halogens is 1. The molecule has 2 rings (SSSR count). The first-order valence-corrected chi connectivity index (χ1v) is 6.01. The van der Waals surface area contributed by atoms with Crippen molar-refractivity contribution in [2.75, 3.05) is 14.2 Å². The van der Waals surface area contributed by atoms with E-state index in [-0.39, 0.29) is 12.4 Å². The Morgan fingerprint density at radius 3 is 2.83 bits per heavy atom. The second kappa shape index (κ2) is 4.93. The molecule has 0 bridgehead atoms. The summed E-state index contributed by atoms with van der Waals surface area (Å²) in [5.41, 5.74) is 2.04. The molecule has 2 aromatic rings. The Balaban J connectivity index is 2.64. The minimum Gasteiger partial charge on any atom is -0.481 e. The van der Waals surface area contributed by atoms with E-state index in [2.05, 4.69) is 30.7 Å². The van der Waals surface area contributed by atoms with Crippen molar-refractivity contribution in [3.63, 3.8) is 0 Å². The Morgan fingerprint density at radius 1 is 1.50 bits per heavy atom. The zero-order chi connectivity index (χ0) is 13.3. The Bertz CT molecular complexity index is 609. The highest BCUT2D eigenvalue weighted by Gasteiger charge is 2.18. The third-order valence-corrected chi connectivity index (χ3v) is 3.16. The molecule has 0 saturated heterocycles. The molecule has 2 heterocycles. The lowest BCUT2D eigenvalue weighted by Crippen LogP contribution is -2.11. The molecule has 0 amide bonds. The van der Waals surface area contributed by atoms with Crippen LogP contribution in [-0.2, 0) is 16.0 Å². The Kier molecular flexibility index (Phi) is 3.51. The number of carbonyl (C=O) groups excluding carboxylic acids is 1. The predicted molar refractivity (Wildman–Crippen MR) is 67.7 cm³/mol. The molecule has 0 saturated carbocycles. The molecule has 0 N–H and O–H groups in total. The van der Waals surface area contributed by atoms with Gasteiger partial charge in [-0.2, -0.15) is 9.61 Å². The van der Waals surface area contributed by atoms with Gasteiger partial charge in [0.2, 0.25) is 5.88 Å². The van der Waals surface area contributed by atoms with Crippen LogP contribution in [0.25, 0.3) is 5.65 Å². The Labute approximate surface area is 112 Å². The molecular weight excluding hydrogens is 302 g/mol. The van der Waals surface area contributed by atoms with Crippen LogP contribution in [0.3, 0.4) is 0 Å². The van der Waals surface area contributed by atoms with Gasteiger partial charge in [0, 0.05) is 11.3 Å². The molecule has 0 aromatic carbocycles. The standard InChI is InChI=1S/C11H12BrN3O3/c1-6-7(4-9(16)17-2)11(18-3)15-10(14-6)8(12)5-13-15/h5H,4H2,1-3H3. The van der Waals surface area contributed by atoms with Crippen LogP contribution in [0.2, 0.25) is 0 Å². The average molecular weight is 314 g/mol. The number of ether oxygens (including phenoxy) is 2. The maximum absolute atomic E-state index is 11.4. The van der Waals surface area contributed by atoms with Gasteiger partial charge in [0.15, 0.2) is 5.65 Å². The molecule has 0 aliphatic heterocycles. The molecule has 6 nitrogen and oxygen atoms in total. The summed E-state index contributed by atoms with van der Waals surface area (Å²) in [5, 5.41) is 4.15. The molecule has 0 radical (unpaired) electrons. The first-order valence-electron chi connectivity index (χ1n) is 5.22. The lowest BCUT2D eigenvalue weighted by atomic mass is 10.1. The van der Waals surface area contributed by atoms with E-state index in [0.29, 0.717) is 22.8 Å². The third kappa shape index (κ3) is 2.05. The molecule has 0 atom stereocenters. The maximum atomic E-state index is 11.4. The van der Waals surface area contributed by atoms with Gasteiger partial charge in [-0.3, -0.25) is 4.79 Å². The fraction of sp³-hybridized carbons (Fsp3) is 0.364. The summed E-state index contributed by atoms with van der Waals surface area (Å²) in [7, 11) is 2.88. The largest absolute Gasteiger partial charge is 0.481 e. The quantitative estimate of drug-likeness (QED) is 0.804. The summed E-state index contributed by atoms with van der Waals surface area (Å²) in [4.78, 5) is 15.8. The van der Waals surface area contributed by atoms with E-state index in [9.17, 15) is 4.79 Å². The summed E-state index contributed by atoms with van der Waals surface area (Å²) in [6, 6.07) is 0. The van der Waals surface area contributed by atoms with E-state index in [1.54, 1.807) is 10.7 Å². The molecule has 0 aliphatic rings. The third-order valence-electron chi connectivity index (χ3n) is 2.60. The highest BCUT2D eigenvalue weighted by molar-refractivity contribution is 9.10. The minimum absolute atomic E-state index is 0.103. The van der Waals surface area contributed by atoms with Gasteiger partial charge in [-0.25, -0.2) is 4.98 Å². The Morgan fingerprint density at radius 2 is 2.22 bits per heavy atom. The number of nitrogens with zero attached hydrogens (tertiary/aromatic N) is 3. The Hall–Kier alpha value is -1.63. The van der Waals surface area contributed by atoms with E-state index in [1.807, 2.05) is 6.92 Å². The topological polar surface area (TPSA) is 65.7 Å². The number of esters is 1. The summed E-state index contributed by atoms with van der Waals surface area (Å²) in [6.45, 7) is 1.82. The molecule has 96 valence electrons. The predicted octanol–water partition coefficient (Wildman–Crippen LogP) is 1.52. The van der Waals surface area contributed by atoms with Crippen molar-refractivity contribution in [2.45, 2.75) is 13.3 Å². The van der Waals surface area contributed by atoms with Crippen molar-refractivity contribution in [1.82, 2.24) is 14.6 Å². The molecule has 0 spiro atoms. The van der Waals surface area contributed by atoms with Crippen LogP contribution in [0.4, 0.5) is 0 Å². The number of hydrogen-bond acceptors (Lipinski definition) is 5. The van der Waals surface area contributed by atoms with Crippen molar-refractivity contribution >= 4 is 27.5 Å². The SMILES string of the molecule is COC(=O)Cc1c(C)nc2c(Br)cnn2c1OC. The fourth-order valence-electron chi connectivity index (χ4n) is 1.71. The number of aromatic nitrogens is 3. The highest BCUT2D eigenvalue weighted by atomic mass is 79.9. The second-order valence-electron chi connectivity index (χ2n) is 3.67. The minimum atomic E-state index is -0.344. The fourth-order valence-corrected chi connectivity index (χ4v) is 2.06. The first kappa shape index (κ1) is 12.8. The van der Waals surface area contributed by atoms with Gasteiger partial charge in [0.25, 0.3) is 0 Å². The maximum Gasteiger partial charge on any atom is 0.310 e. The number of fused-ring (bicyclic) bond motifs is 1. The van der Waals surface area contributed by atoms with E-state index < -0.39 is 0 Å². The number of aryl methyl sites for hydroxylation is 1. The van der Waals surface area contributed by atoms with Gasteiger partial charge in [0.1, 0.15) is 0 Å². The van der Waals surface area contributed by atoms with Crippen molar-refractivity contribution in [3.8, 4) is 5.88 Å². The molecule has 18 heavy (non-hydrogen) atoms. The monoisotopic (exact) mass is 313 g/mol. The highest BCUT2D eigenvalue weighted by Crippen LogP contribution is 2.26. The van der Waals surface area contributed by atoms with Crippen molar-refractivity contribution in [2.24, 2.45) is 0 Å². The lowest BCUT2D eigenvalue weighted by Gasteiger charge is -2.11. The molecular formula is C11H12BrN3O3. The molecule has 0 aliphatic carbocycles. The van der Waals surface area contributed by atoms with Crippen molar-refractivity contribution in [3.05, 3.63) is 21.9 Å². The van der Waals surface area contributed by atoms with Gasteiger partial charge >= 0.3 is 5.97 Å². The summed E-state index contributed by atoms with van der Waals surface area (Å²) < 4.78 is 12.3. The van der Waals surface area contributed by atoms with Crippen LogP contribution in [0.5, 0.6) is 5.88 Å². The van der Waals surface area contributed by atoms with Crippen LogP contribution in [0.15, 0.2) is 10.7 Å². The van der Waals surface area contributed by atoms with Crippen molar-refractivity contribution in [1.29, 1.82) is 0 Å². The molecule has 7 heteroatoms. The van der Waals surface area contributed by atoms with Gasteiger partial charge in [-0.05, 0) is 22.9 Å². The molecule has 2 aromatic heterocycles.